The van der Waals surface area contributed by atoms with Crippen LogP contribution in [0.25, 0.3) is 5.69 Å². The molecule has 10 heteroatoms. The maximum Gasteiger partial charge on any atom is 0.297 e. The zero-order chi connectivity index (χ0) is 28.1. The van der Waals surface area contributed by atoms with Crippen LogP contribution in [0.1, 0.15) is 18.2 Å². The maximum absolute atomic E-state index is 13.9. The maximum atomic E-state index is 13.9. The third kappa shape index (κ3) is 5.78. The van der Waals surface area contributed by atoms with Gasteiger partial charge in [0.1, 0.15) is 5.69 Å². The summed E-state index contributed by atoms with van der Waals surface area (Å²) in [6.45, 7) is 4.15. The molecule has 0 saturated carbocycles. The first-order valence-corrected chi connectivity index (χ1v) is 15.0. The smallest absolute Gasteiger partial charge is 0.297 e. The molecule has 2 aromatic heterocycles. The van der Waals surface area contributed by atoms with E-state index in [4.69, 9.17) is 0 Å². The predicted molar refractivity (Wildman–Crippen MR) is 158 cm³/mol. The number of hydrogen-bond donors (Lipinski definition) is 0. The van der Waals surface area contributed by atoms with Gasteiger partial charge in [-0.05, 0) is 48.4 Å². The summed E-state index contributed by atoms with van der Waals surface area (Å²) in [4.78, 5) is 22.6. The molecule has 0 aliphatic carbocycles. The van der Waals surface area contributed by atoms with E-state index in [-0.39, 0.29) is 5.56 Å². The number of aryl methyl sites for hydroxylation is 1. The lowest BCUT2D eigenvalue weighted by atomic mass is 10.2. The summed E-state index contributed by atoms with van der Waals surface area (Å²) in [6.07, 6.45) is 5.01. The van der Waals surface area contributed by atoms with E-state index < -0.39 is 10.0 Å². The molecule has 4 aromatic rings. The second-order valence-electron chi connectivity index (χ2n) is 9.81. The van der Waals surface area contributed by atoms with Crippen molar-refractivity contribution < 1.29 is 8.42 Å². The van der Waals surface area contributed by atoms with Gasteiger partial charge in [-0.1, -0.05) is 43.3 Å². The summed E-state index contributed by atoms with van der Waals surface area (Å²) in [7, 11) is -1.70. The summed E-state index contributed by atoms with van der Waals surface area (Å²) >= 11 is 0. The molecule has 0 amide bonds. The van der Waals surface area contributed by atoms with Gasteiger partial charge < -0.3 is 9.80 Å². The first-order valence-electron chi connectivity index (χ1n) is 13.5. The van der Waals surface area contributed by atoms with Crippen LogP contribution in [0, 0.1) is 0 Å². The molecule has 0 unspecified atom stereocenters. The highest BCUT2D eigenvalue weighted by atomic mass is 32.2. The van der Waals surface area contributed by atoms with Gasteiger partial charge in [0, 0.05) is 58.1 Å². The van der Waals surface area contributed by atoms with Gasteiger partial charge in [-0.2, -0.15) is 14.1 Å². The van der Waals surface area contributed by atoms with E-state index >= 15 is 0 Å². The Morgan fingerprint density at radius 2 is 1.60 bits per heavy atom. The van der Waals surface area contributed by atoms with E-state index in [1.54, 1.807) is 24.5 Å². The van der Waals surface area contributed by atoms with Crippen molar-refractivity contribution in [2.75, 3.05) is 49.6 Å². The molecule has 9 nitrogen and oxygen atoms in total. The first kappa shape index (κ1) is 27.5. The molecule has 0 N–H and O–H groups in total. The summed E-state index contributed by atoms with van der Waals surface area (Å²) in [5.74, 6) is 0. The average Bonchev–Trinajstić information content (AvgIpc) is 3.00. The summed E-state index contributed by atoms with van der Waals surface area (Å²) < 4.78 is 29.6. The first-order chi connectivity index (χ1) is 19.4. The second-order valence-corrected chi connectivity index (χ2v) is 11.8. The number of piperazine rings is 1. The Morgan fingerprint density at radius 3 is 2.25 bits per heavy atom. The van der Waals surface area contributed by atoms with E-state index in [1.165, 1.54) is 8.99 Å². The molecule has 0 radical (unpaired) electrons. The lowest BCUT2D eigenvalue weighted by molar-refractivity contribution is 0.384. The third-order valence-corrected chi connectivity index (χ3v) is 9.21. The SMILES string of the molecule is CCc1ccc(S(=O)(=O)N2CCN(c3cnn(-c4ccccc4)c(=O)c3N(C)CCc3ccccn3)CC2)cc1. The Labute approximate surface area is 235 Å². The lowest BCUT2D eigenvalue weighted by Crippen LogP contribution is -2.49. The van der Waals surface area contributed by atoms with Crippen LogP contribution < -0.4 is 15.4 Å². The van der Waals surface area contributed by atoms with Crippen LogP contribution in [0.4, 0.5) is 11.4 Å². The Bertz CT molecular complexity index is 1580. The number of anilines is 2. The largest absolute Gasteiger partial charge is 0.368 e. The van der Waals surface area contributed by atoms with E-state index in [0.717, 1.165) is 17.7 Å². The van der Waals surface area contributed by atoms with Gasteiger partial charge >= 0.3 is 0 Å². The number of benzene rings is 2. The van der Waals surface area contributed by atoms with Crippen molar-refractivity contribution in [1.82, 2.24) is 19.1 Å². The van der Waals surface area contributed by atoms with Crippen LogP contribution >= 0.6 is 0 Å². The topological polar surface area (TPSA) is 91.6 Å². The van der Waals surface area contributed by atoms with Gasteiger partial charge in [0.25, 0.3) is 5.56 Å². The van der Waals surface area contributed by atoms with Gasteiger partial charge in [-0.25, -0.2) is 8.42 Å². The van der Waals surface area contributed by atoms with E-state index in [1.807, 2.05) is 79.5 Å². The molecule has 1 aliphatic rings. The minimum Gasteiger partial charge on any atom is -0.368 e. The van der Waals surface area contributed by atoms with Crippen molar-refractivity contribution in [1.29, 1.82) is 0 Å². The summed E-state index contributed by atoms with van der Waals surface area (Å²) in [5, 5.41) is 4.51. The Hall–Kier alpha value is -4.02. The molecule has 3 heterocycles. The standard InChI is InChI=1S/C30H34N6O3S/c1-3-24-12-14-27(15-13-24)40(38,39)35-21-19-34(20-22-35)28-23-32-36(26-10-5-4-6-11-26)30(37)29(28)33(2)18-16-25-9-7-8-17-31-25/h4-15,17,23H,3,16,18-22H2,1-2H3. The zero-order valence-electron chi connectivity index (χ0n) is 22.8. The molecular formula is C30H34N6O3S. The molecule has 1 fully saturated rings. The van der Waals surface area contributed by atoms with Crippen molar-refractivity contribution in [3.8, 4) is 5.69 Å². The highest BCUT2D eigenvalue weighted by molar-refractivity contribution is 7.89. The van der Waals surface area contributed by atoms with Crippen molar-refractivity contribution in [2.45, 2.75) is 24.7 Å². The molecule has 0 spiro atoms. The molecule has 0 bridgehead atoms. The number of aromatic nitrogens is 3. The number of nitrogens with zero attached hydrogens (tertiary/aromatic N) is 6. The molecular weight excluding hydrogens is 524 g/mol. The molecule has 0 atom stereocenters. The van der Waals surface area contributed by atoms with Crippen LogP contribution in [0.5, 0.6) is 0 Å². The molecule has 5 rings (SSSR count). The fourth-order valence-corrected chi connectivity index (χ4v) is 6.36. The number of para-hydroxylation sites is 1. The third-order valence-electron chi connectivity index (χ3n) is 7.29. The van der Waals surface area contributed by atoms with Crippen molar-refractivity contribution in [3.05, 3.63) is 107 Å². The number of rotatable bonds is 9. The highest BCUT2D eigenvalue weighted by Crippen LogP contribution is 2.28. The fourth-order valence-electron chi connectivity index (χ4n) is 4.93. The average molecular weight is 559 g/mol. The Balaban J connectivity index is 1.40. The van der Waals surface area contributed by atoms with Crippen molar-refractivity contribution >= 4 is 21.4 Å². The van der Waals surface area contributed by atoms with Gasteiger partial charge in [-0.3, -0.25) is 9.78 Å². The monoisotopic (exact) mass is 558 g/mol. The van der Waals surface area contributed by atoms with Gasteiger partial charge in [0.2, 0.25) is 10.0 Å². The molecule has 1 saturated heterocycles. The zero-order valence-corrected chi connectivity index (χ0v) is 23.7. The van der Waals surface area contributed by atoms with Gasteiger partial charge in [-0.15, -0.1) is 0 Å². The fraction of sp³-hybridized carbons (Fsp3) is 0.300. The number of hydrogen-bond acceptors (Lipinski definition) is 7. The van der Waals surface area contributed by atoms with Crippen molar-refractivity contribution in [3.63, 3.8) is 0 Å². The normalized spacial score (nSPS) is 14.3. The van der Waals surface area contributed by atoms with E-state index in [9.17, 15) is 13.2 Å². The number of sulfonamides is 1. The number of pyridine rings is 1. The Morgan fingerprint density at radius 1 is 0.900 bits per heavy atom. The van der Waals surface area contributed by atoms with Crippen LogP contribution in [0.2, 0.25) is 0 Å². The van der Waals surface area contributed by atoms with E-state index in [2.05, 4.69) is 15.0 Å². The molecule has 2 aromatic carbocycles. The summed E-state index contributed by atoms with van der Waals surface area (Å²) in [6, 6.07) is 22.2. The van der Waals surface area contributed by atoms with Crippen LogP contribution in [0.15, 0.2) is 94.9 Å². The molecule has 208 valence electrons. The number of likely N-dealkylation sites (N-methyl/N-ethyl adjacent to an activating group) is 1. The lowest BCUT2D eigenvalue weighted by Gasteiger charge is -2.37. The van der Waals surface area contributed by atoms with Crippen LogP contribution in [-0.4, -0.2) is 67.3 Å². The van der Waals surface area contributed by atoms with Crippen molar-refractivity contribution in [2.24, 2.45) is 0 Å². The summed E-state index contributed by atoms with van der Waals surface area (Å²) in [5.41, 5.74) is 3.73. The minimum atomic E-state index is -3.60. The van der Waals surface area contributed by atoms with Crippen LogP contribution in [-0.2, 0) is 22.9 Å². The van der Waals surface area contributed by atoms with Gasteiger partial charge in [0.15, 0.2) is 0 Å². The highest BCUT2D eigenvalue weighted by Gasteiger charge is 2.30. The minimum absolute atomic E-state index is 0.224. The van der Waals surface area contributed by atoms with Gasteiger partial charge in [0.05, 0.1) is 22.5 Å². The van der Waals surface area contributed by atoms with E-state index in [0.29, 0.717) is 61.1 Å². The quantitative estimate of drug-likeness (QED) is 0.311. The predicted octanol–water partition coefficient (Wildman–Crippen LogP) is 3.38. The second kappa shape index (κ2) is 12.0. The molecule has 1 aliphatic heterocycles. The molecule has 40 heavy (non-hydrogen) atoms. The Kier molecular flexibility index (Phi) is 8.27. The van der Waals surface area contributed by atoms with Crippen LogP contribution in [0.3, 0.4) is 0 Å².